The molecule has 1 heterocycles. The number of anilines is 2. The lowest BCUT2D eigenvalue weighted by Crippen LogP contribution is -2.14. The van der Waals surface area contributed by atoms with E-state index in [0.717, 1.165) is 10.1 Å². The van der Waals surface area contributed by atoms with Crippen molar-refractivity contribution < 1.29 is 17.9 Å². The van der Waals surface area contributed by atoms with Crippen LogP contribution in [0.3, 0.4) is 0 Å². The number of hydrogen-bond acceptors (Lipinski definition) is 5. The number of amides is 1. The average Bonchev–Trinajstić information content (AvgIpc) is 3.22. The summed E-state index contributed by atoms with van der Waals surface area (Å²) in [7, 11) is -2.23. The van der Waals surface area contributed by atoms with Crippen LogP contribution in [0.4, 0.5) is 11.4 Å². The molecule has 0 saturated heterocycles. The van der Waals surface area contributed by atoms with Crippen molar-refractivity contribution in [2.75, 3.05) is 17.1 Å². The van der Waals surface area contributed by atoms with Gasteiger partial charge in [-0.2, -0.15) is 0 Å². The molecule has 1 amide bonds. The summed E-state index contributed by atoms with van der Waals surface area (Å²) in [5.41, 5.74) is 1.49. The highest BCUT2D eigenvalue weighted by Crippen LogP contribution is 2.24. The Balaban J connectivity index is 1.45. The zero-order valence-corrected chi connectivity index (χ0v) is 17.6. The van der Waals surface area contributed by atoms with Gasteiger partial charge < -0.3 is 10.1 Å². The van der Waals surface area contributed by atoms with Gasteiger partial charge in [0, 0.05) is 21.6 Å². The second-order valence-electron chi connectivity index (χ2n) is 6.49. The van der Waals surface area contributed by atoms with Crippen LogP contribution in [0.1, 0.15) is 10.4 Å². The smallest absolute Gasteiger partial charge is 0.261 e. The number of methoxy groups -OCH3 is 1. The summed E-state index contributed by atoms with van der Waals surface area (Å²) >= 11 is 1.64. The highest BCUT2D eigenvalue weighted by atomic mass is 32.2. The summed E-state index contributed by atoms with van der Waals surface area (Å²) in [4.78, 5) is 12.6. The van der Waals surface area contributed by atoms with E-state index in [-0.39, 0.29) is 10.8 Å². The molecule has 2 N–H and O–H groups in total. The van der Waals surface area contributed by atoms with E-state index in [2.05, 4.69) is 10.0 Å². The average molecular weight is 439 g/mol. The van der Waals surface area contributed by atoms with Crippen LogP contribution in [0, 0.1) is 0 Å². The first-order valence-corrected chi connectivity index (χ1v) is 11.4. The lowest BCUT2D eigenvalue weighted by molar-refractivity contribution is 0.102. The Bertz CT molecular complexity index is 1300. The Morgan fingerprint density at radius 3 is 2.30 bits per heavy atom. The van der Waals surface area contributed by atoms with Crippen LogP contribution in [0.25, 0.3) is 10.1 Å². The standard InChI is InChI=1S/C22H18N2O4S2/c1-28-19-7-9-20(10-8-19)30(26,27)24-17-4-2-15(3-5-17)22(25)23-18-6-11-21-16(14-18)12-13-29-21/h2-14,24H,1H3,(H,23,25). The first kappa shape index (κ1) is 19.9. The van der Waals surface area contributed by atoms with Gasteiger partial charge in [-0.1, -0.05) is 0 Å². The molecule has 0 aliphatic rings. The van der Waals surface area contributed by atoms with Gasteiger partial charge in [0.15, 0.2) is 0 Å². The molecule has 4 aromatic rings. The number of carbonyl (C=O) groups excluding carboxylic acids is 1. The quantitative estimate of drug-likeness (QED) is 0.445. The number of carbonyl (C=O) groups is 1. The second kappa shape index (κ2) is 8.17. The van der Waals surface area contributed by atoms with Crippen molar-refractivity contribution in [2.45, 2.75) is 4.90 Å². The third-order valence-corrected chi connectivity index (χ3v) is 6.77. The second-order valence-corrected chi connectivity index (χ2v) is 9.12. The molecule has 0 saturated carbocycles. The third-order valence-electron chi connectivity index (χ3n) is 4.48. The minimum atomic E-state index is -3.74. The lowest BCUT2D eigenvalue weighted by atomic mass is 10.2. The molecule has 0 radical (unpaired) electrons. The fourth-order valence-electron chi connectivity index (χ4n) is 2.91. The van der Waals surface area contributed by atoms with E-state index in [0.29, 0.717) is 22.7 Å². The highest BCUT2D eigenvalue weighted by molar-refractivity contribution is 7.92. The van der Waals surface area contributed by atoms with Gasteiger partial charge >= 0.3 is 0 Å². The first-order chi connectivity index (χ1) is 14.4. The minimum Gasteiger partial charge on any atom is -0.497 e. The molecule has 4 rings (SSSR count). The molecule has 6 nitrogen and oxygen atoms in total. The molecule has 3 aromatic carbocycles. The van der Waals surface area contributed by atoms with Gasteiger partial charge in [0.2, 0.25) is 0 Å². The van der Waals surface area contributed by atoms with Crippen LogP contribution in [-0.2, 0) is 10.0 Å². The molecule has 0 bridgehead atoms. The van der Waals surface area contributed by atoms with Crippen molar-refractivity contribution in [3.05, 3.63) is 83.7 Å². The van der Waals surface area contributed by atoms with E-state index >= 15 is 0 Å². The molecule has 0 fully saturated rings. The maximum Gasteiger partial charge on any atom is 0.261 e. The van der Waals surface area contributed by atoms with E-state index < -0.39 is 10.0 Å². The zero-order chi connectivity index (χ0) is 21.1. The van der Waals surface area contributed by atoms with Gasteiger partial charge in [0.05, 0.1) is 12.0 Å². The molecule has 0 atom stereocenters. The number of fused-ring (bicyclic) bond motifs is 1. The molecule has 0 aliphatic carbocycles. The van der Waals surface area contributed by atoms with Gasteiger partial charge in [0.25, 0.3) is 15.9 Å². The van der Waals surface area contributed by atoms with Crippen molar-refractivity contribution in [3.8, 4) is 5.75 Å². The Morgan fingerprint density at radius 2 is 1.60 bits per heavy atom. The zero-order valence-electron chi connectivity index (χ0n) is 16.0. The van der Waals surface area contributed by atoms with Crippen LogP contribution < -0.4 is 14.8 Å². The van der Waals surface area contributed by atoms with E-state index in [4.69, 9.17) is 4.74 Å². The summed E-state index contributed by atoms with van der Waals surface area (Å²) < 4.78 is 33.7. The summed E-state index contributed by atoms with van der Waals surface area (Å²) in [6.45, 7) is 0. The SMILES string of the molecule is COc1ccc(S(=O)(=O)Nc2ccc(C(=O)Nc3ccc4sccc4c3)cc2)cc1. The Labute approximate surface area is 178 Å². The van der Waals surface area contributed by atoms with E-state index in [9.17, 15) is 13.2 Å². The van der Waals surface area contributed by atoms with Gasteiger partial charge in [-0.15, -0.1) is 11.3 Å². The van der Waals surface area contributed by atoms with Crippen LogP contribution in [0.15, 0.2) is 83.1 Å². The summed E-state index contributed by atoms with van der Waals surface area (Å²) in [5.74, 6) is 0.302. The predicted molar refractivity (Wildman–Crippen MR) is 120 cm³/mol. The lowest BCUT2D eigenvalue weighted by Gasteiger charge is -2.10. The van der Waals surface area contributed by atoms with E-state index in [1.165, 1.54) is 19.2 Å². The number of thiophene rings is 1. The van der Waals surface area contributed by atoms with E-state index in [1.807, 2.05) is 29.6 Å². The molecular weight excluding hydrogens is 420 g/mol. The van der Waals surface area contributed by atoms with Crippen molar-refractivity contribution >= 4 is 48.7 Å². The van der Waals surface area contributed by atoms with E-state index in [1.54, 1.807) is 47.7 Å². The van der Waals surface area contributed by atoms with Crippen molar-refractivity contribution in [3.63, 3.8) is 0 Å². The molecule has 8 heteroatoms. The van der Waals surface area contributed by atoms with Crippen molar-refractivity contribution in [1.82, 2.24) is 0 Å². The summed E-state index contributed by atoms with van der Waals surface area (Å²) in [5, 5.41) is 5.93. The van der Waals surface area contributed by atoms with Crippen molar-refractivity contribution in [2.24, 2.45) is 0 Å². The highest BCUT2D eigenvalue weighted by Gasteiger charge is 2.15. The maximum atomic E-state index is 12.5. The number of nitrogens with one attached hydrogen (secondary N) is 2. The number of sulfonamides is 1. The van der Waals surface area contributed by atoms with Gasteiger partial charge in [-0.25, -0.2) is 8.42 Å². The first-order valence-electron chi connectivity index (χ1n) is 9.00. The Morgan fingerprint density at radius 1 is 0.900 bits per heavy atom. The molecule has 30 heavy (non-hydrogen) atoms. The fourth-order valence-corrected chi connectivity index (χ4v) is 4.74. The molecule has 0 unspecified atom stereocenters. The van der Waals surface area contributed by atoms with Crippen LogP contribution >= 0.6 is 11.3 Å². The summed E-state index contributed by atoms with van der Waals surface area (Å²) in [6, 6.07) is 20.1. The molecule has 0 aliphatic heterocycles. The molecular formula is C22H18N2O4S2. The Kier molecular flexibility index (Phi) is 5.43. The Hall–Kier alpha value is -3.36. The van der Waals surface area contributed by atoms with Gasteiger partial charge in [-0.3, -0.25) is 9.52 Å². The third kappa shape index (κ3) is 4.29. The molecule has 1 aromatic heterocycles. The van der Waals surface area contributed by atoms with Crippen LogP contribution in [0.2, 0.25) is 0 Å². The monoisotopic (exact) mass is 438 g/mol. The van der Waals surface area contributed by atoms with Crippen LogP contribution in [0.5, 0.6) is 5.75 Å². The molecule has 152 valence electrons. The number of benzene rings is 3. The fraction of sp³-hybridized carbons (Fsp3) is 0.0455. The normalized spacial score (nSPS) is 11.2. The number of hydrogen-bond donors (Lipinski definition) is 2. The molecule has 0 spiro atoms. The predicted octanol–water partition coefficient (Wildman–Crippen LogP) is 4.96. The number of ether oxygens (including phenoxy) is 1. The number of rotatable bonds is 6. The largest absolute Gasteiger partial charge is 0.497 e. The maximum absolute atomic E-state index is 12.5. The van der Waals surface area contributed by atoms with Crippen LogP contribution in [-0.4, -0.2) is 21.4 Å². The van der Waals surface area contributed by atoms with Gasteiger partial charge in [-0.05, 0) is 83.6 Å². The van der Waals surface area contributed by atoms with Crippen molar-refractivity contribution in [1.29, 1.82) is 0 Å². The summed E-state index contributed by atoms with van der Waals surface area (Å²) in [6.07, 6.45) is 0. The topological polar surface area (TPSA) is 84.5 Å². The minimum absolute atomic E-state index is 0.119. The van der Waals surface area contributed by atoms with Gasteiger partial charge in [0.1, 0.15) is 5.75 Å².